The van der Waals surface area contributed by atoms with Crippen molar-refractivity contribution >= 4 is 28.9 Å². The molecule has 4 N–H and O–H groups in total. The average molecular weight is 257 g/mol. The van der Waals surface area contributed by atoms with E-state index in [0.29, 0.717) is 11.4 Å². The molecule has 1 aliphatic rings. The highest BCUT2D eigenvalue weighted by Gasteiger charge is 2.29. The summed E-state index contributed by atoms with van der Waals surface area (Å²) in [6.45, 7) is -0.0473. The quantitative estimate of drug-likeness (QED) is 0.695. The summed E-state index contributed by atoms with van der Waals surface area (Å²) in [5.74, 6) is -0.623. The SMILES string of the molecule is Nc1cn[nH]c1C(=O)N1CC(=O)Nc2ccccc21. The maximum Gasteiger partial charge on any atom is 0.278 e. The molecule has 0 atom stereocenters. The number of nitrogens with one attached hydrogen (secondary N) is 2. The smallest absolute Gasteiger partial charge is 0.278 e. The second-order valence-corrected chi connectivity index (χ2v) is 4.16. The summed E-state index contributed by atoms with van der Waals surface area (Å²) >= 11 is 0. The number of fused-ring (bicyclic) bond motifs is 1. The Kier molecular flexibility index (Phi) is 2.45. The number of aromatic amines is 1. The minimum Gasteiger partial charge on any atom is -0.396 e. The molecule has 0 spiro atoms. The van der Waals surface area contributed by atoms with Crippen LogP contribution in [0, 0.1) is 0 Å². The van der Waals surface area contributed by atoms with Gasteiger partial charge in [0.25, 0.3) is 5.91 Å². The van der Waals surface area contributed by atoms with Gasteiger partial charge in [-0.25, -0.2) is 0 Å². The van der Waals surface area contributed by atoms with Crippen molar-refractivity contribution in [2.45, 2.75) is 0 Å². The number of para-hydroxylation sites is 2. The van der Waals surface area contributed by atoms with Crippen molar-refractivity contribution in [3.8, 4) is 0 Å². The number of amides is 2. The lowest BCUT2D eigenvalue weighted by Gasteiger charge is -2.28. The summed E-state index contributed by atoms with van der Waals surface area (Å²) in [5.41, 5.74) is 7.35. The van der Waals surface area contributed by atoms with Crippen molar-refractivity contribution in [2.75, 3.05) is 22.5 Å². The van der Waals surface area contributed by atoms with E-state index in [4.69, 9.17) is 5.73 Å². The number of nitrogens with two attached hydrogens (primary N) is 1. The summed E-state index contributed by atoms with van der Waals surface area (Å²) in [5, 5.41) is 8.98. The maximum atomic E-state index is 12.4. The van der Waals surface area contributed by atoms with Gasteiger partial charge in [0.1, 0.15) is 12.2 Å². The normalized spacial score (nSPS) is 13.9. The second kappa shape index (κ2) is 4.13. The molecule has 1 aromatic carbocycles. The van der Waals surface area contributed by atoms with E-state index in [9.17, 15) is 9.59 Å². The number of rotatable bonds is 1. The number of nitrogen functional groups attached to an aromatic ring is 1. The number of hydrogen-bond acceptors (Lipinski definition) is 4. The molecule has 19 heavy (non-hydrogen) atoms. The van der Waals surface area contributed by atoms with Crippen molar-refractivity contribution in [1.29, 1.82) is 0 Å². The van der Waals surface area contributed by atoms with Gasteiger partial charge >= 0.3 is 0 Å². The molecular weight excluding hydrogens is 246 g/mol. The van der Waals surface area contributed by atoms with Gasteiger partial charge in [-0.2, -0.15) is 5.10 Å². The largest absolute Gasteiger partial charge is 0.396 e. The fourth-order valence-electron chi connectivity index (χ4n) is 2.02. The molecule has 2 heterocycles. The third-order valence-corrected chi connectivity index (χ3v) is 2.90. The summed E-state index contributed by atoms with van der Waals surface area (Å²) < 4.78 is 0. The van der Waals surface area contributed by atoms with E-state index in [1.165, 1.54) is 11.1 Å². The van der Waals surface area contributed by atoms with Crippen LogP contribution in [0.4, 0.5) is 17.1 Å². The minimum absolute atomic E-state index is 0.0473. The zero-order valence-electron chi connectivity index (χ0n) is 9.88. The zero-order valence-corrected chi connectivity index (χ0v) is 9.88. The van der Waals surface area contributed by atoms with Gasteiger partial charge in [-0.15, -0.1) is 0 Å². The number of benzene rings is 1. The molecule has 0 radical (unpaired) electrons. The molecular formula is C12H11N5O2. The minimum atomic E-state index is -0.377. The average Bonchev–Trinajstić information content (AvgIpc) is 2.83. The van der Waals surface area contributed by atoms with Crippen LogP contribution in [0.15, 0.2) is 30.5 Å². The predicted molar refractivity (Wildman–Crippen MR) is 69.7 cm³/mol. The highest BCUT2D eigenvalue weighted by molar-refractivity contribution is 6.15. The molecule has 7 nitrogen and oxygen atoms in total. The van der Waals surface area contributed by atoms with Gasteiger partial charge in [-0.1, -0.05) is 12.1 Å². The van der Waals surface area contributed by atoms with Gasteiger partial charge in [0, 0.05) is 0 Å². The van der Waals surface area contributed by atoms with Crippen LogP contribution < -0.4 is 16.0 Å². The van der Waals surface area contributed by atoms with Crippen LogP contribution in [0.25, 0.3) is 0 Å². The van der Waals surface area contributed by atoms with Crippen LogP contribution >= 0.6 is 0 Å². The number of nitrogens with zero attached hydrogens (tertiary/aromatic N) is 2. The van der Waals surface area contributed by atoms with Crippen LogP contribution in [0.1, 0.15) is 10.5 Å². The summed E-state index contributed by atoms with van der Waals surface area (Å²) in [4.78, 5) is 25.4. The summed E-state index contributed by atoms with van der Waals surface area (Å²) in [6.07, 6.45) is 1.36. The van der Waals surface area contributed by atoms with Crippen LogP contribution in [0.2, 0.25) is 0 Å². The first kappa shape index (κ1) is 11.3. The molecule has 0 unspecified atom stereocenters. The first-order valence-electron chi connectivity index (χ1n) is 5.66. The van der Waals surface area contributed by atoms with Crippen LogP contribution in [-0.4, -0.2) is 28.6 Å². The maximum absolute atomic E-state index is 12.4. The number of anilines is 3. The lowest BCUT2D eigenvalue weighted by Crippen LogP contribution is -2.42. The fraction of sp³-hybridized carbons (Fsp3) is 0.0833. The molecule has 2 aromatic rings. The van der Waals surface area contributed by atoms with Crippen molar-refractivity contribution in [1.82, 2.24) is 10.2 Å². The Labute approximate surface area is 108 Å². The zero-order chi connectivity index (χ0) is 13.4. The molecule has 96 valence electrons. The number of carbonyl (C=O) groups is 2. The van der Waals surface area contributed by atoms with Crippen molar-refractivity contribution in [2.24, 2.45) is 0 Å². The third-order valence-electron chi connectivity index (χ3n) is 2.90. The molecule has 1 aliphatic heterocycles. The topological polar surface area (TPSA) is 104 Å². The Hall–Kier alpha value is -2.83. The molecule has 3 rings (SSSR count). The van der Waals surface area contributed by atoms with E-state index in [1.54, 1.807) is 24.3 Å². The standard InChI is InChI=1S/C12H11N5O2/c13-7-5-14-16-11(7)12(19)17-6-10(18)15-8-3-1-2-4-9(8)17/h1-5H,6,13H2,(H,14,16)(H,15,18). The first-order valence-corrected chi connectivity index (χ1v) is 5.66. The molecule has 0 bridgehead atoms. The fourth-order valence-corrected chi connectivity index (χ4v) is 2.02. The lowest BCUT2D eigenvalue weighted by atomic mass is 10.1. The second-order valence-electron chi connectivity index (χ2n) is 4.16. The van der Waals surface area contributed by atoms with Gasteiger partial charge in [0.2, 0.25) is 5.91 Å². The molecule has 0 aliphatic carbocycles. The van der Waals surface area contributed by atoms with Gasteiger partial charge in [-0.3, -0.25) is 19.6 Å². The Morgan fingerprint density at radius 1 is 1.37 bits per heavy atom. The van der Waals surface area contributed by atoms with Gasteiger partial charge in [0.15, 0.2) is 0 Å². The van der Waals surface area contributed by atoms with Crippen LogP contribution in [-0.2, 0) is 4.79 Å². The highest BCUT2D eigenvalue weighted by Crippen LogP contribution is 2.30. The molecule has 7 heteroatoms. The van der Waals surface area contributed by atoms with E-state index >= 15 is 0 Å². The molecule has 0 saturated carbocycles. The predicted octanol–water partition coefficient (Wildman–Crippen LogP) is 0.591. The van der Waals surface area contributed by atoms with E-state index in [2.05, 4.69) is 15.5 Å². The van der Waals surface area contributed by atoms with Gasteiger partial charge < -0.3 is 11.1 Å². The Bertz CT molecular complexity index is 664. The molecule has 2 amide bonds. The Balaban J connectivity index is 2.04. The van der Waals surface area contributed by atoms with E-state index in [0.717, 1.165) is 0 Å². The molecule has 0 fully saturated rings. The molecule has 1 aromatic heterocycles. The summed E-state index contributed by atoms with van der Waals surface area (Å²) in [6, 6.07) is 7.09. The lowest BCUT2D eigenvalue weighted by molar-refractivity contribution is -0.115. The number of carbonyl (C=O) groups excluding carboxylic acids is 2. The van der Waals surface area contributed by atoms with Crippen molar-refractivity contribution < 1.29 is 9.59 Å². The number of hydrogen-bond donors (Lipinski definition) is 3. The van der Waals surface area contributed by atoms with Gasteiger partial charge in [0.05, 0.1) is 23.3 Å². The first-order chi connectivity index (χ1) is 9.16. The van der Waals surface area contributed by atoms with E-state index < -0.39 is 0 Å². The van der Waals surface area contributed by atoms with Gasteiger partial charge in [-0.05, 0) is 12.1 Å². The summed E-state index contributed by atoms with van der Waals surface area (Å²) in [7, 11) is 0. The molecule has 0 saturated heterocycles. The number of aromatic nitrogens is 2. The van der Waals surface area contributed by atoms with E-state index in [-0.39, 0.29) is 29.7 Å². The van der Waals surface area contributed by atoms with Crippen molar-refractivity contribution in [3.05, 3.63) is 36.2 Å². The number of H-pyrrole nitrogens is 1. The van der Waals surface area contributed by atoms with E-state index in [1.807, 2.05) is 0 Å². The van der Waals surface area contributed by atoms with Crippen LogP contribution in [0.3, 0.4) is 0 Å². The Morgan fingerprint density at radius 2 is 2.16 bits per heavy atom. The van der Waals surface area contributed by atoms with Crippen molar-refractivity contribution in [3.63, 3.8) is 0 Å². The van der Waals surface area contributed by atoms with Crippen LogP contribution in [0.5, 0.6) is 0 Å². The monoisotopic (exact) mass is 257 g/mol. The Morgan fingerprint density at radius 3 is 2.89 bits per heavy atom. The highest BCUT2D eigenvalue weighted by atomic mass is 16.2. The third kappa shape index (κ3) is 1.81.